The van der Waals surface area contributed by atoms with Gasteiger partial charge in [-0.2, -0.15) is 0 Å². The van der Waals surface area contributed by atoms with Crippen LogP contribution in [-0.4, -0.2) is 12.3 Å². The van der Waals surface area contributed by atoms with E-state index in [9.17, 15) is 0 Å². The molecule has 0 amide bonds. The van der Waals surface area contributed by atoms with Crippen molar-refractivity contribution < 1.29 is 0 Å². The Labute approximate surface area is 121 Å². The van der Waals surface area contributed by atoms with Gasteiger partial charge in [0.1, 0.15) is 0 Å². The number of benzene rings is 1. The van der Waals surface area contributed by atoms with Crippen LogP contribution in [0.25, 0.3) is 5.70 Å². The number of hydrogen-bond acceptors (Lipinski definition) is 2. The quantitative estimate of drug-likeness (QED) is 0.624. The lowest BCUT2D eigenvalue weighted by Gasteiger charge is -2.08. The van der Waals surface area contributed by atoms with E-state index in [0.29, 0.717) is 0 Å². The second kappa shape index (κ2) is 5.91. The predicted molar refractivity (Wildman–Crippen MR) is 89.3 cm³/mol. The normalized spacial score (nSPS) is 13.4. The molecule has 0 saturated heterocycles. The molecule has 1 aliphatic heterocycles. The van der Waals surface area contributed by atoms with Gasteiger partial charge in [-0.05, 0) is 56.0 Å². The summed E-state index contributed by atoms with van der Waals surface area (Å²) in [6.07, 6.45) is 2.93. The van der Waals surface area contributed by atoms with E-state index in [1.807, 2.05) is 13.0 Å². The molecule has 1 heterocycles. The van der Waals surface area contributed by atoms with Crippen molar-refractivity contribution in [1.82, 2.24) is 0 Å². The third kappa shape index (κ3) is 2.90. The molecule has 2 heteroatoms. The number of nitrogens with one attached hydrogen (secondary N) is 1. The SMILES string of the molecule is C=CC(=C(C)C)/C(C)=N\C(=C)c1ccc2c(c1)CCN2. The standard InChI is InChI=1S/C18H22N2/c1-6-17(12(2)3)14(5)20-13(4)15-7-8-18-16(11-15)9-10-19-18/h6-8,11,19H,1,4,9-10H2,2-3,5H3/b20-14-. The van der Waals surface area contributed by atoms with Gasteiger partial charge in [-0.3, -0.25) is 4.99 Å². The van der Waals surface area contributed by atoms with Gasteiger partial charge in [0.2, 0.25) is 0 Å². The van der Waals surface area contributed by atoms with E-state index in [0.717, 1.165) is 35.5 Å². The smallest absolute Gasteiger partial charge is 0.0633 e. The molecule has 0 aliphatic carbocycles. The summed E-state index contributed by atoms with van der Waals surface area (Å²) in [5.74, 6) is 0. The molecule has 104 valence electrons. The molecule has 0 aromatic heterocycles. The van der Waals surface area contributed by atoms with Crippen molar-refractivity contribution >= 4 is 17.1 Å². The summed E-state index contributed by atoms with van der Waals surface area (Å²) in [6, 6.07) is 6.37. The van der Waals surface area contributed by atoms with Crippen molar-refractivity contribution in [2.45, 2.75) is 27.2 Å². The first-order valence-corrected chi connectivity index (χ1v) is 6.94. The third-order valence-electron chi connectivity index (χ3n) is 3.58. The van der Waals surface area contributed by atoms with Gasteiger partial charge in [0.25, 0.3) is 0 Å². The maximum Gasteiger partial charge on any atom is 0.0633 e. The molecule has 0 spiro atoms. The molecule has 0 fully saturated rings. The zero-order valence-electron chi connectivity index (χ0n) is 12.6. The number of anilines is 1. The van der Waals surface area contributed by atoms with Crippen LogP contribution in [0.15, 0.2) is 53.6 Å². The number of nitrogens with zero attached hydrogens (tertiary/aromatic N) is 1. The van der Waals surface area contributed by atoms with Crippen LogP contribution in [-0.2, 0) is 6.42 Å². The molecular formula is C18H22N2. The first kappa shape index (κ1) is 14.3. The fourth-order valence-electron chi connectivity index (χ4n) is 2.53. The van der Waals surface area contributed by atoms with Crippen molar-refractivity contribution in [1.29, 1.82) is 0 Å². The van der Waals surface area contributed by atoms with Gasteiger partial charge >= 0.3 is 0 Å². The van der Waals surface area contributed by atoms with Gasteiger partial charge in [-0.15, -0.1) is 0 Å². The fraction of sp³-hybridized carbons (Fsp3) is 0.278. The molecule has 0 radical (unpaired) electrons. The van der Waals surface area contributed by atoms with E-state index < -0.39 is 0 Å². The number of aliphatic imine (C=N–C) groups is 1. The molecule has 2 rings (SSSR count). The molecule has 1 aromatic carbocycles. The van der Waals surface area contributed by atoms with Crippen LogP contribution in [0.2, 0.25) is 0 Å². The lowest BCUT2D eigenvalue weighted by Crippen LogP contribution is -1.97. The third-order valence-corrected chi connectivity index (χ3v) is 3.58. The Morgan fingerprint density at radius 3 is 2.70 bits per heavy atom. The van der Waals surface area contributed by atoms with E-state index in [1.165, 1.54) is 16.8 Å². The van der Waals surface area contributed by atoms with Crippen LogP contribution in [0.4, 0.5) is 5.69 Å². The van der Waals surface area contributed by atoms with Crippen LogP contribution >= 0.6 is 0 Å². The molecule has 1 aromatic rings. The Kier molecular flexibility index (Phi) is 4.23. The van der Waals surface area contributed by atoms with Crippen LogP contribution in [0, 0.1) is 0 Å². The number of fused-ring (bicyclic) bond motifs is 1. The van der Waals surface area contributed by atoms with Crippen molar-refractivity contribution in [2.75, 3.05) is 11.9 Å². The lowest BCUT2D eigenvalue weighted by atomic mass is 10.0. The summed E-state index contributed by atoms with van der Waals surface area (Å²) in [4.78, 5) is 4.64. The molecule has 1 aliphatic rings. The Balaban J connectivity index is 2.28. The molecule has 2 nitrogen and oxygen atoms in total. The highest BCUT2D eigenvalue weighted by molar-refractivity contribution is 6.03. The summed E-state index contributed by atoms with van der Waals surface area (Å²) < 4.78 is 0. The van der Waals surface area contributed by atoms with E-state index in [-0.39, 0.29) is 0 Å². The second-order valence-corrected chi connectivity index (χ2v) is 5.31. The van der Waals surface area contributed by atoms with Crippen LogP contribution in [0.1, 0.15) is 31.9 Å². The molecule has 0 unspecified atom stereocenters. The molecule has 20 heavy (non-hydrogen) atoms. The van der Waals surface area contributed by atoms with Crippen molar-refractivity contribution in [3.63, 3.8) is 0 Å². The highest BCUT2D eigenvalue weighted by Gasteiger charge is 2.11. The maximum atomic E-state index is 4.64. The van der Waals surface area contributed by atoms with E-state index in [4.69, 9.17) is 0 Å². The molecule has 0 saturated carbocycles. The average Bonchev–Trinajstić information content (AvgIpc) is 2.85. The molecule has 0 bridgehead atoms. The highest BCUT2D eigenvalue weighted by Crippen LogP contribution is 2.26. The van der Waals surface area contributed by atoms with E-state index >= 15 is 0 Å². The van der Waals surface area contributed by atoms with Crippen molar-refractivity contribution in [3.8, 4) is 0 Å². The molecule has 0 atom stereocenters. The van der Waals surface area contributed by atoms with Crippen molar-refractivity contribution in [3.05, 3.63) is 59.7 Å². The van der Waals surface area contributed by atoms with Crippen LogP contribution < -0.4 is 5.32 Å². The van der Waals surface area contributed by atoms with Crippen LogP contribution in [0.5, 0.6) is 0 Å². The monoisotopic (exact) mass is 266 g/mol. The van der Waals surface area contributed by atoms with E-state index in [2.05, 4.69) is 55.5 Å². The molecular weight excluding hydrogens is 244 g/mol. The first-order valence-electron chi connectivity index (χ1n) is 6.94. The van der Waals surface area contributed by atoms with Gasteiger partial charge in [0.15, 0.2) is 0 Å². The summed E-state index contributed by atoms with van der Waals surface area (Å²) in [5.41, 5.74) is 7.74. The summed E-state index contributed by atoms with van der Waals surface area (Å²) in [5, 5.41) is 3.36. The minimum absolute atomic E-state index is 0.804. The Hall–Kier alpha value is -2.09. The highest BCUT2D eigenvalue weighted by atomic mass is 14.9. The van der Waals surface area contributed by atoms with Gasteiger partial charge in [0.05, 0.1) is 5.70 Å². The Morgan fingerprint density at radius 1 is 1.30 bits per heavy atom. The largest absolute Gasteiger partial charge is 0.384 e. The fourth-order valence-corrected chi connectivity index (χ4v) is 2.53. The van der Waals surface area contributed by atoms with Crippen LogP contribution in [0.3, 0.4) is 0 Å². The van der Waals surface area contributed by atoms with Gasteiger partial charge < -0.3 is 5.32 Å². The van der Waals surface area contributed by atoms with Gasteiger partial charge in [-0.1, -0.05) is 30.9 Å². The number of hydrogen-bond donors (Lipinski definition) is 1. The van der Waals surface area contributed by atoms with Crippen molar-refractivity contribution in [2.24, 2.45) is 4.99 Å². The number of allylic oxidation sites excluding steroid dienone is 3. The topological polar surface area (TPSA) is 24.4 Å². The van der Waals surface area contributed by atoms with Gasteiger partial charge in [-0.25, -0.2) is 0 Å². The zero-order valence-corrected chi connectivity index (χ0v) is 12.6. The Bertz CT molecular complexity index is 614. The minimum Gasteiger partial charge on any atom is -0.384 e. The second-order valence-electron chi connectivity index (χ2n) is 5.31. The Morgan fingerprint density at radius 2 is 2.05 bits per heavy atom. The molecule has 1 N–H and O–H groups in total. The summed E-state index contributed by atoms with van der Waals surface area (Å²) in [6.45, 7) is 15.1. The minimum atomic E-state index is 0.804. The predicted octanol–water partition coefficient (Wildman–Crippen LogP) is 4.61. The lowest BCUT2D eigenvalue weighted by molar-refractivity contribution is 1.10. The maximum absolute atomic E-state index is 4.64. The first-order chi connectivity index (χ1) is 9.52. The van der Waals surface area contributed by atoms with Gasteiger partial charge in [0, 0.05) is 17.9 Å². The zero-order chi connectivity index (χ0) is 14.7. The summed E-state index contributed by atoms with van der Waals surface area (Å²) in [7, 11) is 0. The van der Waals surface area contributed by atoms with E-state index in [1.54, 1.807) is 0 Å². The number of rotatable bonds is 4. The summed E-state index contributed by atoms with van der Waals surface area (Å²) >= 11 is 0. The average molecular weight is 266 g/mol.